The Morgan fingerprint density at radius 3 is 2.70 bits per heavy atom. The summed E-state index contributed by atoms with van der Waals surface area (Å²) < 4.78 is 8.80. The zero-order valence-corrected chi connectivity index (χ0v) is 14.5. The van der Waals surface area contributed by atoms with Gasteiger partial charge in [0.2, 0.25) is 0 Å². The molecular formula is C14H10Br2N2OS. The highest BCUT2D eigenvalue weighted by atomic mass is 79.9. The van der Waals surface area contributed by atoms with Crippen LogP contribution in [0.3, 0.4) is 0 Å². The standard InChI is InChI=1S/C14H10Br2N2OS/c1-7-18-11-6-13(10(17)5-14(11)20-7)19-12-3-2-8(15)4-9(12)16/h2-6H,17H2,1H3. The Morgan fingerprint density at radius 1 is 1.15 bits per heavy atom. The first kappa shape index (κ1) is 13.9. The van der Waals surface area contributed by atoms with Gasteiger partial charge < -0.3 is 10.5 Å². The van der Waals surface area contributed by atoms with Gasteiger partial charge >= 0.3 is 0 Å². The third-order valence-corrected chi connectivity index (χ3v) is 4.79. The van der Waals surface area contributed by atoms with E-state index in [1.807, 2.05) is 37.3 Å². The number of aromatic nitrogens is 1. The SMILES string of the molecule is Cc1nc2cc(Oc3ccc(Br)cc3Br)c(N)cc2s1. The molecule has 1 heterocycles. The molecule has 0 aliphatic heterocycles. The first-order valence-corrected chi connectivity index (χ1v) is 8.23. The highest BCUT2D eigenvalue weighted by molar-refractivity contribution is 9.11. The van der Waals surface area contributed by atoms with Crippen LogP contribution in [0, 0.1) is 6.92 Å². The summed E-state index contributed by atoms with van der Waals surface area (Å²) in [4.78, 5) is 4.46. The number of nitrogens with zero attached hydrogens (tertiary/aromatic N) is 1. The molecule has 0 saturated heterocycles. The number of aryl methyl sites for hydroxylation is 1. The van der Waals surface area contributed by atoms with Crippen LogP contribution in [0.25, 0.3) is 10.2 Å². The summed E-state index contributed by atoms with van der Waals surface area (Å²) >= 11 is 8.51. The molecule has 20 heavy (non-hydrogen) atoms. The van der Waals surface area contributed by atoms with Gasteiger partial charge in [0.1, 0.15) is 5.75 Å². The number of hydrogen-bond acceptors (Lipinski definition) is 4. The van der Waals surface area contributed by atoms with Gasteiger partial charge in [0.15, 0.2) is 5.75 Å². The van der Waals surface area contributed by atoms with Crippen molar-refractivity contribution in [3.05, 3.63) is 44.3 Å². The predicted molar refractivity (Wildman–Crippen MR) is 90.7 cm³/mol. The molecule has 0 amide bonds. The molecule has 1 aromatic heterocycles. The highest BCUT2D eigenvalue weighted by Gasteiger charge is 2.10. The zero-order chi connectivity index (χ0) is 14.3. The van der Waals surface area contributed by atoms with Gasteiger partial charge in [-0.25, -0.2) is 4.98 Å². The molecular weight excluding hydrogens is 404 g/mol. The fourth-order valence-electron chi connectivity index (χ4n) is 1.85. The molecule has 3 aromatic rings. The molecule has 3 rings (SSSR count). The number of fused-ring (bicyclic) bond motifs is 1. The average molecular weight is 414 g/mol. The number of halogens is 2. The summed E-state index contributed by atoms with van der Waals surface area (Å²) in [5, 5.41) is 1.02. The molecule has 0 atom stereocenters. The number of benzene rings is 2. The fraction of sp³-hybridized carbons (Fsp3) is 0.0714. The highest BCUT2D eigenvalue weighted by Crippen LogP contribution is 2.37. The van der Waals surface area contributed by atoms with Crippen LogP contribution in [-0.2, 0) is 0 Å². The van der Waals surface area contributed by atoms with Crippen molar-refractivity contribution in [3.63, 3.8) is 0 Å². The Kier molecular flexibility index (Phi) is 3.70. The van der Waals surface area contributed by atoms with Crippen molar-refractivity contribution in [1.82, 2.24) is 4.98 Å². The van der Waals surface area contributed by atoms with E-state index in [9.17, 15) is 0 Å². The molecule has 0 spiro atoms. The Labute approximate surface area is 137 Å². The van der Waals surface area contributed by atoms with Crippen molar-refractivity contribution in [2.24, 2.45) is 0 Å². The normalized spacial score (nSPS) is 10.9. The molecule has 0 fully saturated rings. The first-order chi connectivity index (χ1) is 9.52. The lowest BCUT2D eigenvalue weighted by Crippen LogP contribution is -1.92. The van der Waals surface area contributed by atoms with Crippen LogP contribution >= 0.6 is 43.2 Å². The van der Waals surface area contributed by atoms with Gasteiger partial charge in [-0.1, -0.05) is 15.9 Å². The van der Waals surface area contributed by atoms with Crippen LogP contribution in [0.15, 0.2) is 39.3 Å². The van der Waals surface area contributed by atoms with E-state index in [-0.39, 0.29) is 0 Å². The topological polar surface area (TPSA) is 48.1 Å². The zero-order valence-electron chi connectivity index (χ0n) is 10.5. The second-order valence-electron chi connectivity index (χ2n) is 4.27. The quantitative estimate of drug-likeness (QED) is 0.564. The summed E-state index contributed by atoms with van der Waals surface area (Å²) in [6.07, 6.45) is 0. The lowest BCUT2D eigenvalue weighted by atomic mass is 10.2. The number of rotatable bonds is 2. The summed E-state index contributed by atoms with van der Waals surface area (Å²) in [6, 6.07) is 9.51. The van der Waals surface area contributed by atoms with Crippen LogP contribution in [0.2, 0.25) is 0 Å². The minimum absolute atomic E-state index is 0.607. The molecule has 0 saturated carbocycles. The van der Waals surface area contributed by atoms with E-state index in [0.717, 1.165) is 24.2 Å². The average Bonchev–Trinajstić information content (AvgIpc) is 2.72. The number of hydrogen-bond donors (Lipinski definition) is 1. The van der Waals surface area contributed by atoms with Gasteiger partial charge in [-0.15, -0.1) is 11.3 Å². The summed E-state index contributed by atoms with van der Waals surface area (Å²) in [7, 11) is 0. The number of thiazole rings is 1. The van der Waals surface area contributed by atoms with Crippen molar-refractivity contribution in [1.29, 1.82) is 0 Å². The third-order valence-electron chi connectivity index (χ3n) is 2.74. The van der Waals surface area contributed by atoms with E-state index in [1.54, 1.807) is 11.3 Å². The lowest BCUT2D eigenvalue weighted by Gasteiger charge is -2.10. The van der Waals surface area contributed by atoms with Crippen molar-refractivity contribution >= 4 is 59.1 Å². The Bertz CT molecular complexity index is 801. The van der Waals surface area contributed by atoms with E-state index >= 15 is 0 Å². The minimum atomic E-state index is 0.607. The molecule has 3 nitrogen and oxygen atoms in total. The monoisotopic (exact) mass is 412 g/mol. The predicted octanol–water partition coefficient (Wildman–Crippen LogP) is 5.50. The summed E-state index contributed by atoms with van der Waals surface area (Å²) in [5.74, 6) is 1.33. The molecule has 0 radical (unpaired) electrons. The van der Waals surface area contributed by atoms with Gasteiger partial charge in [0, 0.05) is 10.5 Å². The second kappa shape index (κ2) is 5.35. The first-order valence-electron chi connectivity index (χ1n) is 5.82. The van der Waals surface area contributed by atoms with Crippen molar-refractivity contribution in [2.45, 2.75) is 6.92 Å². The Morgan fingerprint density at radius 2 is 1.95 bits per heavy atom. The Hall–Kier alpha value is -1.11. The molecule has 102 valence electrons. The van der Waals surface area contributed by atoms with Crippen molar-refractivity contribution < 1.29 is 4.74 Å². The van der Waals surface area contributed by atoms with E-state index in [4.69, 9.17) is 10.5 Å². The number of ether oxygens (including phenoxy) is 1. The van der Waals surface area contributed by atoms with Crippen molar-refractivity contribution in [3.8, 4) is 11.5 Å². The molecule has 0 unspecified atom stereocenters. The molecule has 0 aliphatic rings. The van der Waals surface area contributed by atoms with Gasteiger partial charge in [0.25, 0.3) is 0 Å². The summed E-state index contributed by atoms with van der Waals surface area (Å²) in [6.45, 7) is 1.98. The smallest absolute Gasteiger partial charge is 0.152 e. The lowest BCUT2D eigenvalue weighted by molar-refractivity contribution is 0.482. The Balaban J connectivity index is 2.03. The maximum absolute atomic E-state index is 6.05. The number of anilines is 1. The van der Waals surface area contributed by atoms with E-state index in [0.29, 0.717) is 17.2 Å². The maximum Gasteiger partial charge on any atom is 0.152 e. The van der Waals surface area contributed by atoms with E-state index in [2.05, 4.69) is 36.8 Å². The number of nitrogens with two attached hydrogens (primary N) is 1. The third kappa shape index (κ3) is 2.68. The van der Waals surface area contributed by atoms with Crippen LogP contribution in [-0.4, -0.2) is 4.98 Å². The largest absolute Gasteiger partial charge is 0.454 e. The van der Waals surface area contributed by atoms with Crippen molar-refractivity contribution in [2.75, 3.05) is 5.73 Å². The molecule has 0 aliphatic carbocycles. The minimum Gasteiger partial charge on any atom is -0.454 e. The van der Waals surface area contributed by atoms with Crippen LogP contribution in [0.4, 0.5) is 5.69 Å². The molecule has 0 bridgehead atoms. The molecule has 2 N–H and O–H groups in total. The summed E-state index contributed by atoms with van der Waals surface area (Å²) in [5.41, 5.74) is 7.57. The van der Waals surface area contributed by atoms with Gasteiger partial charge in [0.05, 0.1) is 25.4 Å². The molecule has 6 heteroatoms. The van der Waals surface area contributed by atoms with Crippen LogP contribution in [0.5, 0.6) is 11.5 Å². The van der Waals surface area contributed by atoms with Crippen LogP contribution in [0.1, 0.15) is 5.01 Å². The van der Waals surface area contributed by atoms with E-state index < -0.39 is 0 Å². The molecule has 2 aromatic carbocycles. The van der Waals surface area contributed by atoms with Crippen LogP contribution < -0.4 is 10.5 Å². The number of nitrogen functional groups attached to an aromatic ring is 1. The fourth-order valence-corrected chi connectivity index (χ4v) is 3.84. The van der Waals surface area contributed by atoms with Gasteiger partial charge in [-0.05, 0) is 47.1 Å². The van der Waals surface area contributed by atoms with Gasteiger partial charge in [-0.3, -0.25) is 0 Å². The second-order valence-corrected chi connectivity index (χ2v) is 7.27. The maximum atomic E-state index is 6.05. The van der Waals surface area contributed by atoms with E-state index in [1.165, 1.54) is 0 Å². The van der Waals surface area contributed by atoms with Gasteiger partial charge in [-0.2, -0.15) is 0 Å².